The Hall–Kier alpha value is -1.29. The van der Waals surface area contributed by atoms with Crippen LogP contribution in [0.25, 0.3) is 0 Å². The Morgan fingerprint density at radius 3 is 1.91 bits per heavy atom. The molecule has 0 aromatic heterocycles. The zero-order chi connectivity index (χ0) is 16.4. The van der Waals surface area contributed by atoms with Crippen LogP contribution in [0.5, 0.6) is 0 Å². The fraction of sp³-hybridized carbons (Fsp3) is 0.400. The topological polar surface area (TPSA) is 23.5 Å². The standard InChI is InChI=1S/C20H25NOS/c1-4-21(5-2)14-15(3)20(22)16-10-6-8-12-18(16)23-19-13-9-7-11-17(19)20/h6-13,15,22H,4-5,14H2,1-3H3/t15-/m0/s1. The number of benzene rings is 2. The molecule has 1 aliphatic rings. The maximum Gasteiger partial charge on any atom is 0.121 e. The van der Waals surface area contributed by atoms with Crippen molar-refractivity contribution in [3.05, 3.63) is 59.7 Å². The zero-order valence-electron chi connectivity index (χ0n) is 14.1. The average molecular weight is 327 g/mol. The lowest BCUT2D eigenvalue weighted by atomic mass is 9.76. The van der Waals surface area contributed by atoms with Gasteiger partial charge in [-0.25, -0.2) is 0 Å². The van der Waals surface area contributed by atoms with Crippen LogP contribution in [0, 0.1) is 5.92 Å². The van der Waals surface area contributed by atoms with Crippen LogP contribution in [0.1, 0.15) is 31.9 Å². The van der Waals surface area contributed by atoms with Crippen molar-refractivity contribution in [2.75, 3.05) is 19.6 Å². The molecule has 3 heteroatoms. The van der Waals surface area contributed by atoms with Crippen LogP contribution >= 0.6 is 11.8 Å². The average Bonchev–Trinajstić information content (AvgIpc) is 2.59. The first-order valence-electron chi connectivity index (χ1n) is 8.42. The van der Waals surface area contributed by atoms with E-state index in [0.717, 1.165) is 30.8 Å². The molecular formula is C20H25NOS. The van der Waals surface area contributed by atoms with Gasteiger partial charge in [-0.1, -0.05) is 68.9 Å². The normalized spacial score (nSPS) is 16.7. The summed E-state index contributed by atoms with van der Waals surface area (Å²) in [6.45, 7) is 9.43. The minimum atomic E-state index is -0.930. The third kappa shape index (κ3) is 2.82. The fourth-order valence-corrected chi connectivity index (χ4v) is 4.73. The Labute approximate surface area is 143 Å². The molecule has 0 aliphatic carbocycles. The second-order valence-electron chi connectivity index (χ2n) is 6.25. The second-order valence-corrected chi connectivity index (χ2v) is 7.33. The summed E-state index contributed by atoms with van der Waals surface area (Å²) in [4.78, 5) is 4.72. The van der Waals surface area contributed by atoms with Gasteiger partial charge in [0.25, 0.3) is 0 Å². The lowest BCUT2D eigenvalue weighted by Crippen LogP contribution is -2.43. The van der Waals surface area contributed by atoms with Crippen molar-refractivity contribution in [2.45, 2.75) is 36.2 Å². The van der Waals surface area contributed by atoms with E-state index in [9.17, 15) is 5.11 Å². The van der Waals surface area contributed by atoms with Crippen LogP contribution < -0.4 is 0 Å². The number of hydrogen-bond donors (Lipinski definition) is 1. The quantitative estimate of drug-likeness (QED) is 0.882. The predicted molar refractivity (Wildman–Crippen MR) is 97.0 cm³/mol. The van der Waals surface area contributed by atoms with Gasteiger partial charge in [0.1, 0.15) is 5.60 Å². The molecule has 0 bridgehead atoms. The maximum absolute atomic E-state index is 11.8. The highest BCUT2D eigenvalue weighted by Crippen LogP contribution is 2.51. The van der Waals surface area contributed by atoms with Gasteiger partial charge >= 0.3 is 0 Å². The number of aliphatic hydroxyl groups is 1. The summed E-state index contributed by atoms with van der Waals surface area (Å²) in [5.74, 6) is 0.116. The van der Waals surface area contributed by atoms with Crippen molar-refractivity contribution >= 4 is 11.8 Å². The Morgan fingerprint density at radius 1 is 0.957 bits per heavy atom. The van der Waals surface area contributed by atoms with Crippen molar-refractivity contribution < 1.29 is 5.11 Å². The summed E-state index contributed by atoms with van der Waals surface area (Å²) in [6, 6.07) is 16.6. The molecule has 23 heavy (non-hydrogen) atoms. The van der Waals surface area contributed by atoms with E-state index < -0.39 is 5.60 Å². The van der Waals surface area contributed by atoms with Gasteiger partial charge < -0.3 is 10.0 Å². The lowest BCUT2D eigenvalue weighted by molar-refractivity contribution is 0.00329. The molecule has 0 saturated carbocycles. The van der Waals surface area contributed by atoms with Gasteiger partial charge in [0.05, 0.1) is 0 Å². The molecule has 2 aromatic rings. The van der Waals surface area contributed by atoms with Crippen molar-refractivity contribution in [3.63, 3.8) is 0 Å². The molecule has 0 spiro atoms. The first-order valence-corrected chi connectivity index (χ1v) is 9.24. The number of rotatable bonds is 5. The summed E-state index contributed by atoms with van der Waals surface area (Å²) >= 11 is 1.76. The molecule has 1 aliphatic heterocycles. The minimum absolute atomic E-state index is 0.116. The van der Waals surface area contributed by atoms with Crippen LogP contribution in [0.15, 0.2) is 58.3 Å². The molecule has 1 heterocycles. The molecule has 0 amide bonds. The van der Waals surface area contributed by atoms with Crippen molar-refractivity contribution in [3.8, 4) is 0 Å². The van der Waals surface area contributed by atoms with Gasteiger partial charge in [0.15, 0.2) is 0 Å². The zero-order valence-corrected chi connectivity index (χ0v) is 14.9. The molecule has 3 rings (SSSR count). The van der Waals surface area contributed by atoms with Crippen LogP contribution in [-0.2, 0) is 5.60 Å². The highest BCUT2D eigenvalue weighted by atomic mass is 32.2. The third-order valence-corrected chi connectivity index (χ3v) is 6.11. The Kier molecular flexibility index (Phi) is 4.81. The Morgan fingerprint density at radius 2 is 1.43 bits per heavy atom. The van der Waals surface area contributed by atoms with Gasteiger partial charge in [-0.2, -0.15) is 0 Å². The SMILES string of the molecule is CCN(CC)C[C@H](C)C1(O)c2ccccc2Sc2ccccc21. The number of hydrogen-bond acceptors (Lipinski definition) is 3. The van der Waals surface area contributed by atoms with E-state index in [2.05, 4.69) is 62.1 Å². The maximum atomic E-state index is 11.8. The van der Waals surface area contributed by atoms with Crippen molar-refractivity contribution in [1.82, 2.24) is 4.90 Å². The summed E-state index contributed by atoms with van der Waals surface area (Å²) in [6.07, 6.45) is 0. The second kappa shape index (κ2) is 6.68. The summed E-state index contributed by atoms with van der Waals surface area (Å²) in [5, 5.41) is 11.8. The van der Waals surface area contributed by atoms with E-state index in [1.54, 1.807) is 11.8 Å². The smallest absolute Gasteiger partial charge is 0.121 e. The number of fused-ring (bicyclic) bond motifs is 2. The van der Waals surface area contributed by atoms with Crippen LogP contribution in [0.2, 0.25) is 0 Å². The molecule has 1 N–H and O–H groups in total. The molecule has 0 unspecified atom stereocenters. The lowest BCUT2D eigenvalue weighted by Gasteiger charge is -2.42. The third-order valence-electron chi connectivity index (χ3n) is 4.95. The number of nitrogens with zero attached hydrogens (tertiary/aromatic N) is 1. The molecule has 1 atom stereocenters. The Bertz CT molecular complexity index is 635. The van der Waals surface area contributed by atoms with E-state index >= 15 is 0 Å². The molecule has 0 saturated heterocycles. The summed E-state index contributed by atoms with van der Waals surface area (Å²) in [7, 11) is 0. The predicted octanol–water partition coefficient (Wildman–Crippen LogP) is 4.37. The van der Waals surface area contributed by atoms with E-state index in [1.165, 1.54) is 9.79 Å². The first-order chi connectivity index (χ1) is 11.1. The molecule has 0 fully saturated rings. The largest absolute Gasteiger partial charge is 0.380 e. The van der Waals surface area contributed by atoms with E-state index in [-0.39, 0.29) is 5.92 Å². The molecule has 2 aromatic carbocycles. The van der Waals surface area contributed by atoms with Gasteiger partial charge in [-0.3, -0.25) is 0 Å². The van der Waals surface area contributed by atoms with Crippen molar-refractivity contribution in [2.24, 2.45) is 5.92 Å². The monoisotopic (exact) mass is 327 g/mol. The van der Waals surface area contributed by atoms with E-state index in [1.807, 2.05) is 12.1 Å². The highest BCUT2D eigenvalue weighted by Gasteiger charge is 2.43. The molecular weight excluding hydrogens is 302 g/mol. The molecule has 2 nitrogen and oxygen atoms in total. The first kappa shape index (κ1) is 16.6. The van der Waals surface area contributed by atoms with Gasteiger partial charge in [-0.15, -0.1) is 0 Å². The Balaban J connectivity index is 2.09. The minimum Gasteiger partial charge on any atom is -0.380 e. The van der Waals surface area contributed by atoms with Gasteiger partial charge in [-0.05, 0) is 25.2 Å². The fourth-order valence-electron chi connectivity index (χ4n) is 3.54. The highest BCUT2D eigenvalue weighted by molar-refractivity contribution is 7.99. The van der Waals surface area contributed by atoms with Crippen LogP contribution in [0.3, 0.4) is 0 Å². The van der Waals surface area contributed by atoms with Crippen LogP contribution in [0.4, 0.5) is 0 Å². The van der Waals surface area contributed by atoms with E-state index in [4.69, 9.17) is 0 Å². The van der Waals surface area contributed by atoms with Gasteiger partial charge in [0.2, 0.25) is 0 Å². The van der Waals surface area contributed by atoms with Crippen LogP contribution in [-0.4, -0.2) is 29.6 Å². The summed E-state index contributed by atoms with van der Waals surface area (Å²) < 4.78 is 0. The van der Waals surface area contributed by atoms with E-state index in [0.29, 0.717) is 0 Å². The van der Waals surface area contributed by atoms with Crippen molar-refractivity contribution in [1.29, 1.82) is 0 Å². The summed E-state index contributed by atoms with van der Waals surface area (Å²) in [5.41, 5.74) is 1.16. The molecule has 122 valence electrons. The van der Waals surface area contributed by atoms with Gasteiger partial charge in [0, 0.05) is 33.4 Å². The molecule has 0 radical (unpaired) electrons.